The third kappa shape index (κ3) is 3.19. The van der Waals surface area contributed by atoms with Crippen molar-refractivity contribution in [1.29, 1.82) is 0 Å². The van der Waals surface area contributed by atoms with Gasteiger partial charge in [-0.2, -0.15) is 0 Å². The summed E-state index contributed by atoms with van der Waals surface area (Å²) in [7, 11) is 2.75. The van der Waals surface area contributed by atoms with Crippen molar-refractivity contribution >= 4 is 11.9 Å². The minimum atomic E-state index is -0.335. The molecule has 0 bridgehead atoms. The number of hydrogen-bond acceptors (Lipinski definition) is 5. The lowest BCUT2D eigenvalue weighted by molar-refractivity contribution is -0.162. The fourth-order valence-corrected chi connectivity index (χ4v) is 2.12. The van der Waals surface area contributed by atoms with Crippen LogP contribution in [0.5, 0.6) is 0 Å². The Hall–Kier alpha value is -1.10. The summed E-state index contributed by atoms with van der Waals surface area (Å²) in [5.74, 6) is -0.167. The number of rotatable bonds is 5. The van der Waals surface area contributed by atoms with Gasteiger partial charge in [0.2, 0.25) is 0 Å². The molecule has 1 saturated heterocycles. The Labute approximate surface area is 102 Å². The summed E-state index contributed by atoms with van der Waals surface area (Å²) in [5, 5.41) is 0. The molecule has 0 aromatic heterocycles. The lowest BCUT2D eigenvalue weighted by atomic mass is 9.94. The molecule has 2 atom stereocenters. The van der Waals surface area contributed by atoms with E-state index < -0.39 is 0 Å². The molecule has 0 saturated carbocycles. The number of nitrogens with zero attached hydrogens (tertiary/aromatic N) is 1. The fourth-order valence-electron chi connectivity index (χ4n) is 2.12. The summed E-state index contributed by atoms with van der Waals surface area (Å²) in [5.41, 5.74) is 0. The lowest BCUT2D eigenvalue weighted by Crippen LogP contribution is -2.59. The zero-order valence-corrected chi connectivity index (χ0v) is 10.9. The van der Waals surface area contributed by atoms with Gasteiger partial charge >= 0.3 is 11.9 Å². The average Bonchev–Trinajstić information content (AvgIpc) is 2.24. The molecule has 5 nitrogen and oxygen atoms in total. The molecule has 1 aliphatic rings. The highest BCUT2D eigenvalue weighted by atomic mass is 16.5. The highest BCUT2D eigenvalue weighted by Gasteiger charge is 2.42. The zero-order valence-electron chi connectivity index (χ0n) is 10.9. The quantitative estimate of drug-likeness (QED) is 0.669. The molecule has 17 heavy (non-hydrogen) atoms. The van der Waals surface area contributed by atoms with Crippen molar-refractivity contribution in [3.63, 3.8) is 0 Å². The maximum absolute atomic E-state index is 11.7. The van der Waals surface area contributed by atoms with Crippen molar-refractivity contribution in [2.24, 2.45) is 5.92 Å². The van der Waals surface area contributed by atoms with Crippen molar-refractivity contribution in [1.82, 2.24) is 4.90 Å². The summed E-state index contributed by atoms with van der Waals surface area (Å²) in [6.45, 7) is 4.83. The van der Waals surface area contributed by atoms with Gasteiger partial charge in [0.25, 0.3) is 0 Å². The standard InChI is InChI=1S/C12H21NO4/c1-8(2)7-10(12(15)17-4)13-6-5-9(13)11(14)16-3/h8-10H,5-7H2,1-4H3. The van der Waals surface area contributed by atoms with Gasteiger partial charge in [-0.15, -0.1) is 0 Å². The first kappa shape index (κ1) is 14.0. The largest absolute Gasteiger partial charge is 0.468 e. The third-order valence-corrected chi connectivity index (χ3v) is 3.10. The van der Waals surface area contributed by atoms with E-state index in [-0.39, 0.29) is 24.0 Å². The first-order valence-electron chi connectivity index (χ1n) is 5.92. The Morgan fingerprint density at radius 2 is 1.94 bits per heavy atom. The summed E-state index contributed by atoms with van der Waals surface area (Å²) >= 11 is 0. The number of esters is 2. The van der Waals surface area contributed by atoms with E-state index in [1.54, 1.807) is 0 Å². The molecule has 2 unspecified atom stereocenters. The number of carbonyl (C=O) groups is 2. The topological polar surface area (TPSA) is 55.8 Å². The van der Waals surface area contributed by atoms with Crippen molar-refractivity contribution in [3.8, 4) is 0 Å². The van der Waals surface area contributed by atoms with Gasteiger partial charge in [-0.3, -0.25) is 14.5 Å². The molecule has 0 aromatic carbocycles. The SMILES string of the molecule is COC(=O)C1CCN1C(CC(C)C)C(=O)OC. The highest BCUT2D eigenvalue weighted by molar-refractivity contribution is 5.80. The number of methoxy groups -OCH3 is 2. The van der Waals surface area contributed by atoms with Crippen molar-refractivity contribution in [3.05, 3.63) is 0 Å². The predicted octanol–water partition coefficient (Wildman–Crippen LogP) is 0.821. The van der Waals surface area contributed by atoms with Crippen LogP contribution in [-0.4, -0.2) is 49.7 Å². The van der Waals surface area contributed by atoms with E-state index in [9.17, 15) is 9.59 Å². The van der Waals surface area contributed by atoms with Crippen LogP contribution in [0.1, 0.15) is 26.7 Å². The molecule has 0 radical (unpaired) electrons. The molecule has 0 N–H and O–H groups in total. The van der Waals surface area contributed by atoms with Crippen LogP contribution in [0.3, 0.4) is 0 Å². The maximum atomic E-state index is 11.7. The Kier molecular flexibility index (Phi) is 4.93. The van der Waals surface area contributed by atoms with Crippen molar-refractivity contribution in [2.75, 3.05) is 20.8 Å². The van der Waals surface area contributed by atoms with E-state index in [1.165, 1.54) is 14.2 Å². The molecule has 98 valence electrons. The highest BCUT2D eigenvalue weighted by Crippen LogP contribution is 2.26. The summed E-state index contributed by atoms with van der Waals surface area (Å²) in [4.78, 5) is 25.1. The maximum Gasteiger partial charge on any atom is 0.323 e. The zero-order chi connectivity index (χ0) is 13.0. The van der Waals surface area contributed by atoms with E-state index in [0.29, 0.717) is 12.3 Å². The minimum absolute atomic E-state index is 0.270. The van der Waals surface area contributed by atoms with Crippen LogP contribution in [0.4, 0.5) is 0 Å². The molecule has 1 aliphatic heterocycles. The van der Waals surface area contributed by atoms with Gasteiger partial charge in [0.05, 0.1) is 14.2 Å². The van der Waals surface area contributed by atoms with Crippen LogP contribution in [0.2, 0.25) is 0 Å². The average molecular weight is 243 g/mol. The monoisotopic (exact) mass is 243 g/mol. The molecule has 1 fully saturated rings. The van der Waals surface area contributed by atoms with Gasteiger partial charge in [0, 0.05) is 6.54 Å². The molecule has 0 aliphatic carbocycles. The van der Waals surface area contributed by atoms with Crippen molar-refractivity contribution < 1.29 is 19.1 Å². The molecule has 1 rings (SSSR count). The minimum Gasteiger partial charge on any atom is -0.468 e. The van der Waals surface area contributed by atoms with Crippen LogP contribution in [-0.2, 0) is 19.1 Å². The van der Waals surface area contributed by atoms with Gasteiger partial charge in [-0.05, 0) is 18.8 Å². The first-order chi connectivity index (χ1) is 8.01. The van der Waals surface area contributed by atoms with Gasteiger partial charge in [0.15, 0.2) is 0 Å². The Morgan fingerprint density at radius 3 is 2.29 bits per heavy atom. The third-order valence-electron chi connectivity index (χ3n) is 3.10. The van der Waals surface area contributed by atoms with Crippen molar-refractivity contribution in [2.45, 2.75) is 38.8 Å². The summed E-state index contributed by atoms with van der Waals surface area (Å²) in [6.07, 6.45) is 1.44. The van der Waals surface area contributed by atoms with Gasteiger partial charge in [-0.1, -0.05) is 13.8 Å². The Balaban J connectivity index is 2.70. The smallest absolute Gasteiger partial charge is 0.323 e. The number of ether oxygens (including phenoxy) is 2. The van der Waals surface area contributed by atoms with Crippen LogP contribution >= 0.6 is 0 Å². The van der Waals surface area contributed by atoms with Gasteiger partial charge in [-0.25, -0.2) is 0 Å². The molecule has 5 heteroatoms. The lowest BCUT2D eigenvalue weighted by Gasteiger charge is -2.43. The normalized spacial score (nSPS) is 21.8. The second kappa shape index (κ2) is 6.00. The number of likely N-dealkylation sites (tertiary alicyclic amines) is 1. The summed E-state index contributed by atoms with van der Waals surface area (Å²) < 4.78 is 9.52. The first-order valence-corrected chi connectivity index (χ1v) is 5.92. The number of carbonyl (C=O) groups excluding carboxylic acids is 2. The van der Waals surface area contributed by atoms with E-state index in [1.807, 2.05) is 18.7 Å². The Morgan fingerprint density at radius 1 is 1.29 bits per heavy atom. The summed E-state index contributed by atoms with van der Waals surface area (Å²) in [6, 6.07) is -0.624. The molecule has 0 amide bonds. The van der Waals surface area contributed by atoms with Crippen LogP contribution in [0, 0.1) is 5.92 Å². The molecule has 1 heterocycles. The second-order valence-electron chi connectivity index (χ2n) is 4.73. The number of hydrogen-bond donors (Lipinski definition) is 0. The van der Waals surface area contributed by atoms with E-state index >= 15 is 0 Å². The Bertz CT molecular complexity index is 290. The van der Waals surface area contributed by atoms with E-state index in [2.05, 4.69) is 0 Å². The van der Waals surface area contributed by atoms with Crippen LogP contribution < -0.4 is 0 Å². The van der Waals surface area contributed by atoms with E-state index in [4.69, 9.17) is 9.47 Å². The molecular formula is C12H21NO4. The van der Waals surface area contributed by atoms with Gasteiger partial charge < -0.3 is 9.47 Å². The molecular weight excluding hydrogens is 222 g/mol. The predicted molar refractivity (Wildman–Crippen MR) is 62.4 cm³/mol. The fraction of sp³-hybridized carbons (Fsp3) is 0.833. The van der Waals surface area contributed by atoms with Crippen LogP contribution in [0.15, 0.2) is 0 Å². The second-order valence-corrected chi connectivity index (χ2v) is 4.73. The molecule has 0 spiro atoms. The van der Waals surface area contributed by atoms with E-state index in [0.717, 1.165) is 13.0 Å². The molecule has 0 aromatic rings. The van der Waals surface area contributed by atoms with Gasteiger partial charge in [0.1, 0.15) is 12.1 Å². The van der Waals surface area contributed by atoms with Crippen LogP contribution in [0.25, 0.3) is 0 Å².